The highest BCUT2D eigenvalue weighted by atomic mass is 16.5. The number of pyridine rings is 1. The Balaban J connectivity index is 3.04. The van der Waals surface area contributed by atoms with E-state index in [1.165, 1.54) is 0 Å². The average molecular weight is 295 g/mol. The van der Waals surface area contributed by atoms with Crippen molar-refractivity contribution in [3.05, 3.63) is 23.0 Å². The van der Waals surface area contributed by atoms with Crippen LogP contribution in [0.25, 0.3) is 0 Å². The molecule has 1 heterocycles. The van der Waals surface area contributed by atoms with E-state index in [0.717, 1.165) is 35.4 Å². The number of rotatable bonds is 8. The molecule has 0 aliphatic rings. The fraction of sp³-hybridized carbons (Fsp3) is 0.706. The molecule has 0 spiro atoms. The fourth-order valence-electron chi connectivity index (χ4n) is 2.96. The smallest absolute Gasteiger partial charge is 0.128 e. The zero-order chi connectivity index (χ0) is 16.0. The lowest BCUT2D eigenvalue weighted by molar-refractivity contribution is -0.124. The summed E-state index contributed by atoms with van der Waals surface area (Å²) in [5, 5.41) is 10.7. The molecule has 0 aliphatic heterocycles. The SMILES string of the molecule is CCOC(CC)(CC)C(O)Cc1ncc(C)c(OC)c1C. The molecule has 21 heavy (non-hydrogen) atoms. The summed E-state index contributed by atoms with van der Waals surface area (Å²) < 4.78 is 11.3. The third-order valence-corrected chi connectivity index (χ3v) is 4.37. The molecule has 0 bridgehead atoms. The maximum absolute atomic E-state index is 10.7. The Bertz CT molecular complexity index is 456. The van der Waals surface area contributed by atoms with Crippen molar-refractivity contribution in [1.29, 1.82) is 0 Å². The van der Waals surface area contributed by atoms with Crippen LogP contribution in [0.15, 0.2) is 6.20 Å². The van der Waals surface area contributed by atoms with E-state index < -0.39 is 11.7 Å². The number of nitrogens with zero attached hydrogens (tertiary/aromatic N) is 1. The highest BCUT2D eigenvalue weighted by molar-refractivity contribution is 5.41. The van der Waals surface area contributed by atoms with Gasteiger partial charge in [-0.15, -0.1) is 0 Å². The van der Waals surface area contributed by atoms with Crippen LogP contribution >= 0.6 is 0 Å². The molecule has 0 saturated carbocycles. The lowest BCUT2D eigenvalue weighted by atomic mass is 9.86. The molecule has 4 heteroatoms. The minimum absolute atomic E-state index is 0.476. The van der Waals surface area contributed by atoms with E-state index in [1.54, 1.807) is 13.3 Å². The Morgan fingerprint density at radius 1 is 1.24 bits per heavy atom. The molecule has 1 atom stereocenters. The number of methoxy groups -OCH3 is 1. The monoisotopic (exact) mass is 295 g/mol. The molecule has 0 saturated heterocycles. The van der Waals surface area contributed by atoms with Crippen molar-refractivity contribution in [2.75, 3.05) is 13.7 Å². The Labute approximate surface area is 128 Å². The van der Waals surface area contributed by atoms with Gasteiger partial charge in [0.25, 0.3) is 0 Å². The van der Waals surface area contributed by atoms with E-state index in [4.69, 9.17) is 9.47 Å². The predicted molar refractivity (Wildman–Crippen MR) is 84.9 cm³/mol. The topological polar surface area (TPSA) is 51.6 Å². The van der Waals surface area contributed by atoms with Gasteiger partial charge in [-0.3, -0.25) is 4.98 Å². The van der Waals surface area contributed by atoms with Gasteiger partial charge < -0.3 is 14.6 Å². The van der Waals surface area contributed by atoms with Crippen LogP contribution in [0.2, 0.25) is 0 Å². The molecule has 1 unspecified atom stereocenters. The summed E-state index contributed by atoms with van der Waals surface area (Å²) in [5.74, 6) is 0.849. The average Bonchev–Trinajstić information content (AvgIpc) is 2.48. The fourth-order valence-corrected chi connectivity index (χ4v) is 2.96. The van der Waals surface area contributed by atoms with E-state index in [1.807, 2.05) is 20.8 Å². The van der Waals surface area contributed by atoms with Crippen LogP contribution in [0.4, 0.5) is 0 Å². The van der Waals surface area contributed by atoms with Gasteiger partial charge in [0.2, 0.25) is 0 Å². The summed E-state index contributed by atoms with van der Waals surface area (Å²) in [4.78, 5) is 4.47. The molecule has 120 valence electrons. The maximum atomic E-state index is 10.7. The van der Waals surface area contributed by atoms with E-state index in [0.29, 0.717) is 13.0 Å². The third kappa shape index (κ3) is 3.74. The maximum Gasteiger partial charge on any atom is 0.128 e. The van der Waals surface area contributed by atoms with E-state index in [-0.39, 0.29) is 0 Å². The van der Waals surface area contributed by atoms with Crippen molar-refractivity contribution in [2.45, 2.75) is 65.6 Å². The standard InChI is InChI=1S/C17H29NO3/c1-7-17(8-2,21-9-3)15(19)10-14-13(5)16(20-6)12(4)11-18-14/h11,15,19H,7-10H2,1-6H3. The second-order valence-corrected chi connectivity index (χ2v) is 5.47. The van der Waals surface area contributed by atoms with Crippen LogP contribution in [0, 0.1) is 13.8 Å². The van der Waals surface area contributed by atoms with E-state index in [2.05, 4.69) is 18.8 Å². The number of aliphatic hydroxyl groups excluding tert-OH is 1. The second-order valence-electron chi connectivity index (χ2n) is 5.47. The van der Waals surface area contributed by atoms with Crippen LogP contribution in [0.3, 0.4) is 0 Å². The molecule has 0 aliphatic carbocycles. The first kappa shape index (κ1) is 17.9. The summed E-state index contributed by atoms with van der Waals surface area (Å²) in [6.45, 7) is 10.6. The summed E-state index contributed by atoms with van der Waals surface area (Å²) in [6.07, 6.45) is 3.26. The number of hydrogen-bond donors (Lipinski definition) is 1. The Morgan fingerprint density at radius 2 is 1.86 bits per heavy atom. The van der Waals surface area contributed by atoms with Gasteiger partial charge in [-0.2, -0.15) is 0 Å². The number of aliphatic hydroxyl groups is 1. The number of aryl methyl sites for hydroxylation is 1. The second kappa shape index (κ2) is 7.76. The zero-order valence-corrected chi connectivity index (χ0v) is 14.2. The molecule has 0 radical (unpaired) electrons. The first-order chi connectivity index (χ1) is 9.95. The van der Waals surface area contributed by atoms with Gasteiger partial charge in [0, 0.05) is 36.0 Å². The van der Waals surface area contributed by atoms with E-state index >= 15 is 0 Å². The summed E-state index contributed by atoms with van der Waals surface area (Å²) in [7, 11) is 1.66. The van der Waals surface area contributed by atoms with Crippen molar-refractivity contribution in [2.24, 2.45) is 0 Å². The molecule has 0 aromatic carbocycles. The van der Waals surface area contributed by atoms with Gasteiger partial charge in [0.1, 0.15) is 5.75 Å². The van der Waals surface area contributed by atoms with Crippen LogP contribution < -0.4 is 4.74 Å². The van der Waals surface area contributed by atoms with Crippen LogP contribution in [0.5, 0.6) is 5.75 Å². The molecule has 1 aromatic rings. The van der Waals surface area contributed by atoms with Gasteiger partial charge in [-0.05, 0) is 33.6 Å². The first-order valence-corrected chi connectivity index (χ1v) is 7.76. The first-order valence-electron chi connectivity index (χ1n) is 7.76. The van der Waals surface area contributed by atoms with Crippen molar-refractivity contribution in [3.8, 4) is 5.75 Å². The van der Waals surface area contributed by atoms with Gasteiger partial charge in [0.05, 0.1) is 18.8 Å². The zero-order valence-electron chi connectivity index (χ0n) is 14.2. The Hall–Kier alpha value is -1.13. The summed E-state index contributed by atoms with van der Waals surface area (Å²) in [5.41, 5.74) is 2.38. The van der Waals surface area contributed by atoms with Gasteiger partial charge >= 0.3 is 0 Å². The predicted octanol–water partition coefficient (Wildman–Crippen LogP) is 3.21. The number of aromatic nitrogens is 1. The van der Waals surface area contributed by atoms with Crippen LogP contribution in [-0.4, -0.2) is 35.5 Å². The Kier molecular flexibility index (Phi) is 6.62. The molecule has 1 rings (SSSR count). The minimum atomic E-state index is -0.578. The third-order valence-electron chi connectivity index (χ3n) is 4.37. The molecule has 0 amide bonds. The van der Waals surface area contributed by atoms with Gasteiger partial charge in [0.15, 0.2) is 0 Å². The largest absolute Gasteiger partial charge is 0.496 e. The quantitative estimate of drug-likeness (QED) is 0.800. The lowest BCUT2D eigenvalue weighted by Gasteiger charge is -2.36. The lowest BCUT2D eigenvalue weighted by Crippen LogP contribution is -2.45. The Morgan fingerprint density at radius 3 is 2.33 bits per heavy atom. The molecular weight excluding hydrogens is 266 g/mol. The van der Waals surface area contributed by atoms with Crippen molar-refractivity contribution in [3.63, 3.8) is 0 Å². The number of hydrogen-bond acceptors (Lipinski definition) is 4. The molecule has 0 fully saturated rings. The van der Waals surface area contributed by atoms with Crippen LogP contribution in [0.1, 0.15) is 50.4 Å². The molecule has 1 aromatic heterocycles. The van der Waals surface area contributed by atoms with Crippen molar-refractivity contribution >= 4 is 0 Å². The molecule has 4 nitrogen and oxygen atoms in total. The molecule has 1 N–H and O–H groups in total. The van der Waals surface area contributed by atoms with E-state index in [9.17, 15) is 5.11 Å². The highest BCUT2D eigenvalue weighted by Gasteiger charge is 2.36. The minimum Gasteiger partial charge on any atom is -0.496 e. The summed E-state index contributed by atoms with van der Waals surface area (Å²) >= 11 is 0. The molecular formula is C17H29NO3. The van der Waals surface area contributed by atoms with Crippen molar-refractivity contribution < 1.29 is 14.6 Å². The highest BCUT2D eigenvalue weighted by Crippen LogP contribution is 2.30. The van der Waals surface area contributed by atoms with Crippen molar-refractivity contribution in [1.82, 2.24) is 4.98 Å². The number of ether oxygens (including phenoxy) is 2. The van der Waals surface area contributed by atoms with Gasteiger partial charge in [-0.1, -0.05) is 13.8 Å². The summed E-state index contributed by atoms with van der Waals surface area (Å²) in [6, 6.07) is 0. The van der Waals surface area contributed by atoms with Gasteiger partial charge in [-0.25, -0.2) is 0 Å². The normalized spacial score (nSPS) is 13.3. The van der Waals surface area contributed by atoms with Crippen LogP contribution in [-0.2, 0) is 11.2 Å².